The zero-order valence-corrected chi connectivity index (χ0v) is 17.9. The number of benzene rings is 2. The van der Waals surface area contributed by atoms with Crippen molar-refractivity contribution in [2.24, 2.45) is 5.92 Å². The van der Waals surface area contributed by atoms with Gasteiger partial charge < -0.3 is 4.74 Å². The number of halogens is 3. The lowest BCUT2D eigenvalue weighted by Gasteiger charge is -2.27. The molecule has 0 aromatic heterocycles. The van der Waals surface area contributed by atoms with Crippen molar-refractivity contribution in [2.45, 2.75) is 64.2 Å². The maximum absolute atomic E-state index is 14.4. The number of allylic oxidation sites excluding steroid dienone is 1. The van der Waals surface area contributed by atoms with Crippen LogP contribution in [0.2, 0.25) is 0 Å². The van der Waals surface area contributed by atoms with Crippen LogP contribution in [-0.4, -0.2) is 7.11 Å². The first-order valence-corrected chi connectivity index (χ1v) is 11.0. The Morgan fingerprint density at radius 2 is 1.73 bits per heavy atom. The van der Waals surface area contributed by atoms with Gasteiger partial charge in [-0.3, -0.25) is 0 Å². The maximum atomic E-state index is 14.4. The first-order chi connectivity index (χ1) is 14.5. The number of methoxy groups -OCH3 is 1. The standard InChI is InChI=1S/C26H31F3O/c1-3-4-5-6-19-10-14-21(23(27)17-19)13-9-18-7-11-20(12-8-18)22-15-16-24(30-2)26(29)25(22)28/h9-10,13-18,20H,3-8,11-12H2,1-2H3/b13-9+. The lowest BCUT2D eigenvalue weighted by molar-refractivity contribution is 0.350. The summed E-state index contributed by atoms with van der Waals surface area (Å²) in [5, 5.41) is 0. The smallest absolute Gasteiger partial charge is 0.200 e. The Kier molecular flexibility index (Phi) is 8.01. The van der Waals surface area contributed by atoms with Crippen LogP contribution in [0.3, 0.4) is 0 Å². The van der Waals surface area contributed by atoms with E-state index in [1.54, 1.807) is 12.1 Å². The van der Waals surface area contributed by atoms with E-state index in [9.17, 15) is 13.2 Å². The van der Waals surface area contributed by atoms with Gasteiger partial charge >= 0.3 is 0 Å². The van der Waals surface area contributed by atoms with Crippen molar-refractivity contribution in [3.8, 4) is 5.75 Å². The van der Waals surface area contributed by atoms with E-state index in [0.717, 1.165) is 50.5 Å². The summed E-state index contributed by atoms with van der Waals surface area (Å²) in [5.41, 5.74) is 2.09. The molecule has 0 radical (unpaired) electrons. The summed E-state index contributed by atoms with van der Waals surface area (Å²) >= 11 is 0. The van der Waals surface area contributed by atoms with Crippen LogP contribution in [0.25, 0.3) is 6.08 Å². The molecule has 1 nitrogen and oxygen atoms in total. The van der Waals surface area contributed by atoms with Gasteiger partial charge in [-0.15, -0.1) is 0 Å². The van der Waals surface area contributed by atoms with E-state index in [1.807, 2.05) is 18.2 Å². The van der Waals surface area contributed by atoms with Gasteiger partial charge in [0.25, 0.3) is 0 Å². The molecule has 0 saturated heterocycles. The number of unbranched alkanes of at least 4 members (excludes halogenated alkanes) is 2. The van der Waals surface area contributed by atoms with Gasteiger partial charge in [0.1, 0.15) is 5.82 Å². The Balaban J connectivity index is 1.57. The van der Waals surface area contributed by atoms with Gasteiger partial charge in [-0.05, 0) is 73.6 Å². The summed E-state index contributed by atoms with van der Waals surface area (Å²) in [6, 6.07) is 8.64. The predicted octanol–water partition coefficient (Wildman–Crippen LogP) is 7.83. The largest absolute Gasteiger partial charge is 0.494 e. The SMILES string of the molecule is CCCCCc1ccc(/C=C/C2CCC(c3ccc(OC)c(F)c3F)CC2)c(F)c1. The molecule has 1 aliphatic rings. The fourth-order valence-electron chi connectivity index (χ4n) is 4.32. The second-order valence-electron chi connectivity index (χ2n) is 8.27. The van der Waals surface area contributed by atoms with Gasteiger partial charge in [0.15, 0.2) is 11.6 Å². The van der Waals surface area contributed by atoms with Crippen molar-refractivity contribution in [1.82, 2.24) is 0 Å². The topological polar surface area (TPSA) is 9.23 Å². The number of hydrogen-bond donors (Lipinski definition) is 0. The summed E-state index contributed by atoms with van der Waals surface area (Å²) < 4.78 is 47.6. The van der Waals surface area contributed by atoms with Crippen LogP contribution in [0, 0.1) is 23.4 Å². The van der Waals surface area contributed by atoms with Gasteiger partial charge in [-0.25, -0.2) is 8.78 Å². The predicted molar refractivity (Wildman–Crippen MR) is 116 cm³/mol. The van der Waals surface area contributed by atoms with Crippen LogP contribution in [0.5, 0.6) is 5.75 Å². The Morgan fingerprint density at radius 1 is 0.967 bits per heavy atom. The molecule has 0 unspecified atom stereocenters. The highest BCUT2D eigenvalue weighted by Gasteiger charge is 2.25. The van der Waals surface area contributed by atoms with Gasteiger partial charge in [0.2, 0.25) is 5.82 Å². The van der Waals surface area contributed by atoms with Crippen molar-refractivity contribution in [3.63, 3.8) is 0 Å². The zero-order chi connectivity index (χ0) is 21.5. The molecular weight excluding hydrogens is 385 g/mol. The molecule has 0 heterocycles. The number of ether oxygens (including phenoxy) is 1. The first kappa shape index (κ1) is 22.5. The molecular formula is C26H31F3O. The van der Waals surface area contributed by atoms with Crippen molar-refractivity contribution in [3.05, 3.63) is 70.5 Å². The van der Waals surface area contributed by atoms with E-state index >= 15 is 0 Å². The molecule has 30 heavy (non-hydrogen) atoms. The fraction of sp³-hybridized carbons (Fsp3) is 0.462. The fourth-order valence-corrected chi connectivity index (χ4v) is 4.32. The lowest BCUT2D eigenvalue weighted by Crippen LogP contribution is -2.13. The van der Waals surface area contributed by atoms with Crippen molar-refractivity contribution in [2.75, 3.05) is 7.11 Å². The molecule has 3 rings (SSSR count). The Hall–Kier alpha value is -2.23. The minimum Gasteiger partial charge on any atom is -0.494 e. The Morgan fingerprint density at radius 3 is 2.40 bits per heavy atom. The maximum Gasteiger partial charge on any atom is 0.200 e. The van der Waals surface area contributed by atoms with E-state index < -0.39 is 11.6 Å². The third-order valence-corrected chi connectivity index (χ3v) is 6.19. The van der Waals surface area contributed by atoms with Gasteiger partial charge in [-0.1, -0.05) is 50.1 Å². The highest BCUT2D eigenvalue weighted by molar-refractivity contribution is 5.51. The van der Waals surface area contributed by atoms with E-state index in [1.165, 1.54) is 19.6 Å². The van der Waals surface area contributed by atoms with Gasteiger partial charge in [0, 0.05) is 5.56 Å². The van der Waals surface area contributed by atoms with Gasteiger partial charge in [-0.2, -0.15) is 4.39 Å². The summed E-state index contributed by atoms with van der Waals surface area (Å²) in [6.07, 6.45) is 11.6. The third kappa shape index (κ3) is 5.47. The number of aryl methyl sites for hydroxylation is 1. The summed E-state index contributed by atoms with van der Waals surface area (Å²) in [6.45, 7) is 2.16. The lowest BCUT2D eigenvalue weighted by atomic mass is 9.78. The molecule has 4 heteroatoms. The second-order valence-corrected chi connectivity index (χ2v) is 8.27. The van der Waals surface area contributed by atoms with Crippen molar-refractivity contribution < 1.29 is 17.9 Å². The quantitative estimate of drug-likeness (QED) is 0.398. The highest BCUT2D eigenvalue weighted by Crippen LogP contribution is 2.39. The van der Waals surface area contributed by atoms with Crippen molar-refractivity contribution >= 4 is 6.08 Å². The Labute approximate surface area is 178 Å². The number of rotatable bonds is 8. The van der Waals surface area contributed by atoms with E-state index in [0.29, 0.717) is 17.0 Å². The normalized spacial score (nSPS) is 19.4. The third-order valence-electron chi connectivity index (χ3n) is 6.19. The zero-order valence-electron chi connectivity index (χ0n) is 17.9. The van der Waals surface area contributed by atoms with Crippen molar-refractivity contribution in [1.29, 1.82) is 0 Å². The van der Waals surface area contributed by atoms with Crippen LogP contribution in [0.15, 0.2) is 36.4 Å². The molecule has 0 aliphatic heterocycles. The molecule has 0 spiro atoms. The van der Waals surface area contributed by atoms with Crippen LogP contribution in [-0.2, 0) is 6.42 Å². The molecule has 0 N–H and O–H groups in total. The molecule has 2 aromatic carbocycles. The number of hydrogen-bond acceptors (Lipinski definition) is 1. The molecule has 0 atom stereocenters. The average molecular weight is 417 g/mol. The van der Waals surface area contributed by atoms with E-state index in [-0.39, 0.29) is 17.5 Å². The minimum atomic E-state index is -0.911. The minimum absolute atomic E-state index is 0.00852. The van der Waals surface area contributed by atoms with Gasteiger partial charge in [0.05, 0.1) is 7.11 Å². The molecule has 1 fully saturated rings. The summed E-state index contributed by atoms with van der Waals surface area (Å²) in [5.74, 6) is -1.61. The monoisotopic (exact) mass is 416 g/mol. The first-order valence-electron chi connectivity index (χ1n) is 11.0. The van der Waals surface area contributed by atoms with E-state index in [2.05, 4.69) is 13.0 Å². The molecule has 2 aromatic rings. The summed E-state index contributed by atoms with van der Waals surface area (Å²) in [7, 11) is 1.33. The van der Waals surface area contributed by atoms with Crippen LogP contribution in [0.4, 0.5) is 13.2 Å². The molecule has 1 aliphatic carbocycles. The average Bonchev–Trinajstić information content (AvgIpc) is 2.76. The molecule has 162 valence electrons. The molecule has 0 bridgehead atoms. The van der Waals surface area contributed by atoms with E-state index in [4.69, 9.17) is 4.74 Å². The Bertz CT molecular complexity index is 867. The molecule has 1 saturated carbocycles. The van der Waals surface area contributed by atoms with Crippen LogP contribution in [0.1, 0.15) is 74.5 Å². The second kappa shape index (κ2) is 10.7. The summed E-state index contributed by atoms with van der Waals surface area (Å²) in [4.78, 5) is 0. The highest BCUT2D eigenvalue weighted by atomic mass is 19.2. The van der Waals surface area contributed by atoms with Crippen LogP contribution < -0.4 is 4.74 Å². The molecule has 0 amide bonds. The van der Waals surface area contributed by atoms with Crippen LogP contribution >= 0.6 is 0 Å².